The topological polar surface area (TPSA) is 61.7 Å². The van der Waals surface area contributed by atoms with Crippen molar-refractivity contribution < 1.29 is 14.9 Å². The van der Waals surface area contributed by atoms with Crippen LogP contribution in [0.4, 0.5) is 0 Å². The van der Waals surface area contributed by atoms with Crippen LogP contribution >= 0.6 is 0 Å². The van der Waals surface area contributed by atoms with Gasteiger partial charge in [-0.3, -0.25) is 0 Å². The summed E-state index contributed by atoms with van der Waals surface area (Å²) in [6.45, 7) is 8.93. The van der Waals surface area contributed by atoms with E-state index in [1.165, 1.54) is 19.3 Å². The van der Waals surface area contributed by atoms with Gasteiger partial charge in [-0.1, -0.05) is 40.0 Å². The van der Waals surface area contributed by atoms with Gasteiger partial charge in [-0.2, -0.15) is 0 Å². The number of nitrogens with one attached hydrogen (secondary N) is 1. The molecule has 0 aliphatic carbocycles. The van der Waals surface area contributed by atoms with E-state index in [1.807, 2.05) is 6.92 Å². The lowest BCUT2D eigenvalue weighted by molar-refractivity contribution is 0.0189. The minimum absolute atomic E-state index is 0.176. The van der Waals surface area contributed by atoms with Gasteiger partial charge in [0.2, 0.25) is 0 Å². The Labute approximate surface area is 118 Å². The average Bonchev–Trinajstić information content (AvgIpc) is 2.42. The fourth-order valence-corrected chi connectivity index (χ4v) is 1.89. The number of aliphatic hydroxyl groups is 2. The third-order valence-electron chi connectivity index (χ3n) is 3.39. The number of aliphatic hydroxyl groups excluding tert-OH is 2. The van der Waals surface area contributed by atoms with Crippen LogP contribution in [0, 0.1) is 11.8 Å². The molecule has 0 radical (unpaired) electrons. The van der Waals surface area contributed by atoms with Gasteiger partial charge in [0.25, 0.3) is 0 Å². The second-order valence-corrected chi connectivity index (χ2v) is 5.55. The minimum Gasteiger partial charge on any atom is -0.396 e. The smallest absolute Gasteiger partial charge is 0.0897 e. The molecule has 3 atom stereocenters. The van der Waals surface area contributed by atoms with Crippen LogP contribution < -0.4 is 5.32 Å². The first-order valence-electron chi connectivity index (χ1n) is 7.71. The number of ether oxygens (including phenoxy) is 1. The molecule has 0 bridgehead atoms. The van der Waals surface area contributed by atoms with Gasteiger partial charge in [0.1, 0.15) is 0 Å². The van der Waals surface area contributed by atoms with E-state index in [0.717, 1.165) is 19.6 Å². The van der Waals surface area contributed by atoms with Gasteiger partial charge in [0.15, 0.2) is 0 Å². The summed E-state index contributed by atoms with van der Waals surface area (Å²) in [7, 11) is 0. The maximum atomic E-state index is 9.75. The van der Waals surface area contributed by atoms with Crippen molar-refractivity contribution in [1.82, 2.24) is 5.32 Å². The molecule has 19 heavy (non-hydrogen) atoms. The lowest BCUT2D eigenvalue weighted by Crippen LogP contribution is -2.34. The fraction of sp³-hybridized carbons (Fsp3) is 1.00. The first-order valence-corrected chi connectivity index (χ1v) is 7.71. The van der Waals surface area contributed by atoms with E-state index < -0.39 is 6.10 Å². The van der Waals surface area contributed by atoms with E-state index in [1.54, 1.807) is 0 Å². The Morgan fingerprint density at radius 2 is 1.89 bits per heavy atom. The molecule has 0 amide bonds. The Bertz CT molecular complexity index is 190. The molecule has 0 fully saturated rings. The molecule has 0 rings (SSSR count). The van der Waals surface area contributed by atoms with E-state index in [2.05, 4.69) is 19.2 Å². The van der Waals surface area contributed by atoms with Crippen molar-refractivity contribution in [2.45, 2.75) is 52.6 Å². The van der Waals surface area contributed by atoms with Crippen LogP contribution in [0.5, 0.6) is 0 Å². The summed E-state index contributed by atoms with van der Waals surface area (Å²) >= 11 is 0. The van der Waals surface area contributed by atoms with Crippen LogP contribution in [0.15, 0.2) is 0 Å². The van der Waals surface area contributed by atoms with Crippen molar-refractivity contribution in [3.05, 3.63) is 0 Å². The quantitative estimate of drug-likeness (QED) is 0.480. The third-order valence-corrected chi connectivity index (χ3v) is 3.39. The predicted octanol–water partition coefficient (Wildman–Crippen LogP) is 1.80. The van der Waals surface area contributed by atoms with E-state index in [9.17, 15) is 5.11 Å². The highest BCUT2D eigenvalue weighted by molar-refractivity contribution is 4.62. The molecule has 3 N–H and O–H groups in total. The van der Waals surface area contributed by atoms with Gasteiger partial charge < -0.3 is 20.3 Å². The zero-order chi connectivity index (χ0) is 14.5. The summed E-state index contributed by atoms with van der Waals surface area (Å²) in [5.41, 5.74) is 0. The highest BCUT2D eigenvalue weighted by Gasteiger charge is 2.09. The predicted molar refractivity (Wildman–Crippen MR) is 79.3 cm³/mol. The fourth-order valence-electron chi connectivity index (χ4n) is 1.89. The molecule has 0 spiro atoms. The number of hydrogen-bond acceptors (Lipinski definition) is 4. The average molecular weight is 275 g/mol. The summed E-state index contributed by atoms with van der Waals surface area (Å²) in [6.07, 6.45) is 4.38. The number of rotatable bonds is 13. The first-order chi connectivity index (χ1) is 9.13. The summed E-state index contributed by atoms with van der Waals surface area (Å²) in [5, 5.41) is 21.8. The maximum absolute atomic E-state index is 9.75. The van der Waals surface area contributed by atoms with E-state index in [-0.39, 0.29) is 12.5 Å². The van der Waals surface area contributed by atoms with Crippen LogP contribution in [-0.4, -0.2) is 49.2 Å². The lowest BCUT2D eigenvalue weighted by atomic mass is 10.0. The third kappa shape index (κ3) is 11.4. The van der Waals surface area contributed by atoms with Crippen LogP contribution in [-0.2, 0) is 4.74 Å². The first kappa shape index (κ1) is 18.8. The molecule has 0 aliphatic rings. The van der Waals surface area contributed by atoms with Gasteiger partial charge in [0, 0.05) is 19.8 Å². The molecule has 0 aromatic rings. The molecule has 0 aromatic carbocycles. The van der Waals surface area contributed by atoms with E-state index in [4.69, 9.17) is 9.84 Å². The van der Waals surface area contributed by atoms with Crippen molar-refractivity contribution in [2.24, 2.45) is 11.8 Å². The van der Waals surface area contributed by atoms with Crippen molar-refractivity contribution in [3.8, 4) is 0 Å². The van der Waals surface area contributed by atoms with Crippen LogP contribution in [0.2, 0.25) is 0 Å². The second kappa shape index (κ2) is 12.9. The van der Waals surface area contributed by atoms with Crippen LogP contribution in [0.1, 0.15) is 46.5 Å². The largest absolute Gasteiger partial charge is 0.396 e. The van der Waals surface area contributed by atoms with E-state index >= 15 is 0 Å². The molecule has 0 aliphatic heterocycles. The molecule has 0 aromatic heterocycles. The molecule has 3 unspecified atom stereocenters. The molecular formula is C15H33NO3. The Hall–Kier alpha value is -0.160. The van der Waals surface area contributed by atoms with E-state index in [0.29, 0.717) is 19.1 Å². The van der Waals surface area contributed by atoms with Gasteiger partial charge in [0.05, 0.1) is 12.7 Å². The molecule has 0 saturated carbocycles. The van der Waals surface area contributed by atoms with Crippen molar-refractivity contribution >= 4 is 0 Å². The Kier molecular flexibility index (Phi) is 12.7. The van der Waals surface area contributed by atoms with Gasteiger partial charge in [-0.25, -0.2) is 0 Å². The lowest BCUT2D eigenvalue weighted by Gasteiger charge is -2.17. The van der Waals surface area contributed by atoms with Gasteiger partial charge >= 0.3 is 0 Å². The van der Waals surface area contributed by atoms with Gasteiger partial charge in [-0.05, 0) is 24.8 Å². The number of hydrogen-bond donors (Lipinski definition) is 3. The van der Waals surface area contributed by atoms with Crippen molar-refractivity contribution in [3.63, 3.8) is 0 Å². The molecule has 116 valence electrons. The zero-order valence-corrected chi connectivity index (χ0v) is 12.9. The molecule has 0 heterocycles. The normalized spacial score (nSPS) is 16.3. The minimum atomic E-state index is -0.463. The standard InChI is InChI=1S/C15H33NO3/c1-4-6-7-14(5-2)11-19-12-15(18)9-16-8-13(3)10-17/h13-18H,4-12H2,1-3H3. The highest BCUT2D eigenvalue weighted by Crippen LogP contribution is 2.12. The second-order valence-electron chi connectivity index (χ2n) is 5.55. The Morgan fingerprint density at radius 3 is 2.47 bits per heavy atom. The Morgan fingerprint density at radius 1 is 1.16 bits per heavy atom. The van der Waals surface area contributed by atoms with Crippen LogP contribution in [0.3, 0.4) is 0 Å². The molecule has 4 heteroatoms. The molecule has 4 nitrogen and oxygen atoms in total. The summed E-state index contributed by atoms with van der Waals surface area (Å²) in [5.74, 6) is 0.848. The summed E-state index contributed by atoms with van der Waals surface area (Å²) in [4.78, 5) is 0. The Balaban J connectivity index is 3.52. The SMILES string of the molecule is CCCCC(CC)COCC(O)CNCC(C)CO. The van der Waals surface area contributed by atoms with Crippen molar-refractivity contribution in [2.75, 3.05) is 32.9 Å². The van der Waals surface area contributed by atoms with Crippen LogP contribution in [0.25, 0.3) is 0 Å². The molecular weight excluding hydrogens is 242 g/mol. The molecule has 0 saturated heterocycles. The monoisotopic (exact) mass is 275 g/mol. The van der Waals surface area contributed by atoms with Gasteiger partial charge in [-0.15, -0.1) is 0 Å². The number of unbranched alkanes of at least 4 members (excludes halogenated alkanes) is 1. The highest BCUT2D eigenvalue weighted by atomic mass is 16.5. The zero-order valence-electron chi connectivity index (χ0n) is 12.9. The summed E-state index contributed by atoms with van der Waals surface area (Å²) < 4.78 is 5.59. The maximum Gasteiger partial charge on any atom is 0.0897 e. The summed E-state index contributed by atoms with van der Waals surface area (Å²) in [6, 6.07) is 0. The van der Waals surface area contributed by atoms with Crippen molar-refractivity contribution in [1.29, 1.82) is 0 Å².